The molecule has 0 spiro atoms. The highest BCUT2D eigenvalue weighted by molar-refractivity contribution is 5.40. The molecule has 4 heteroatoms. The molecule has 1 saturated heterocycles. The summed E-state index contributed by atoms with van der Waals surface area (Å²) in [6.07, 6.45) is 1.51. The van der Waals surface area contributed by atoms with Gasteiger partial charge >= 0.3 is 0 Å². The van der Waals surface area contributed by atoms with Crippen LogP contribution in [0.25, 0.3) is 0 Å². The maximum atomic E-state index is 10.7. The van der Waals surface area contributed by atoms with Crippen LogP contribution in [0.3, 0.4) is 0 Å². The number of methoxy groups -OCH3 is 1. The van der Waals surface area contributed by atoms with Crippen LogP contribution in [0.5, 0.6) is 5.75 Å². The summed E-state index contributed by atoms with van der Waals surface area (Å²) in [6.45, 7) is 3.85. The Bertz CT molecular complexity index is 430. The van der Waals surface area contributed by atoms with Gasteiger partial charge in [-0.25, -0.2) is 0 Å². The Morgan fingerprint density at radius 3 is 2.90 bits per heavy atom. The van der Waals surface area contributed by atoms with E-state index in [4.69, 9.17) is 15.2 Å². The van der Waals surface area contributed by atoms with Gasteiger partial charge in [0, 0.05) is 30.6 Å². The molecule has 20 heavy (non-hydrogen) atoms. The van der Waals surface area contributed by atoms with E-state index in [1.54, 1.807) is 7.11 Å². The van der Waals surface area contributed by atoms with Crippen LogP contribution < -0.4 is 10.5 Å². The van der Waals surface area contributed by atoms with Gasteiger partial charge in [-0.3, -0.25) is 0 Å². The number of aliphatic hydroxyl groups is 1. The molecule has 0 bridgehead atoms. The molecule has 1 heterocycles. The van der Waals surface area contributed by atoms with Crippen molar-refractivity contribution in [3.8, 4) is 5.75 Å². The fourth-order valence-electron chi connectivity index (χ4n) is 2.96. The maximum Gasteiger partial charge on any atom is 0.122 e. The predicted octanol–water partition coefficient (Wildman–Crippen LogP) is 1.83. The lowest BCUT2D eigenvalue weighted by Crippen LogP contribution is -2.37. The SMILES string of the molecule is COc1ccc(C)cc1C(CN)C(O)C1CCCOC1. The Hall–Kier alpha value is -1.10. The lowest BCUT2D eigenvalue weighted by Gasteiger charge is -2.32. The van der Waals surface area contributed by atoms with Crippen molar-refractivity contribution in [2.24, 2.45) is 11.7 Å². The highest BCUT2D eigenvalue weighted by atomic mass is 16.5. The number of aliphatic hydroxyl groups excluding tert-OH is 1. The second-order valence-corrected chi connectivity index (χ2v) is 5.56. The predicted molar refractivity (Wildman–Crippen MR) is 79.1 cm³/mol. The molecule has 0 radical (unpaired) electrons. The molecule has 2 rings (SSSR count). The molecule has 1 aliphatic heterocycles. The number of benzene rings is 1. The van der Waals surface area contributed by atoms with Crippen molar-refractivity contribution in [1.82, 2.24) is 0 Å². The van der Waals surface area contributed by atoms with Crippen LogP contribution in [-0.2, 0) is 4.74 Å². The molecular formula is C16H25NO3. The first kappa shape index (κ1) is 15.3. The van der Waals surface area contributed by atoms with Crippen LogP contribution in [0, 0.1) is 12.8 Å². The van der Waals surface area contributed by atoms with Gasteiger partial charge in [-0.2, -0.15) is 0 Å². The lowest BCUT2D eigenvalue weighted by atomic mass is 9.82. The third-order valence-corrected chi connectivity index (χ3v) is 4.13. The van der Waals surface area contributed by atoms with Gasteiger partial charge in [0.05, 0.1) is 19.8 Å². The van der Waals surface area contributed by atoms with Gasteiger partial charge in [-0.1, -0.05) is 17.7 Å². The molecule has 3 atom stereocenters. The first-order valence-corrected chi connectivity index (χ1v) is 7.27. The molecule has 4 nitrogen and oxygen atoms in total. The molecular weight excluding hydrogens is 254 g/mol. The van der Waals surface area contributed by atoms with Crippen LogP contribution in [0.15, 0.2) is 18.2 Å². The maximum absolute atomic E-state index is 10.7. The first-order valence-electron chi connectivity index (χ1n) is 7.27. The Morgan fingerprint density at radius 1 is 1.50 bits per heavy atom. The zero-order valence-corrected chi connectivity index (χ0v) is 12.3. The number of hydrogen-bond acceptors (Lipinski definition) is 4. The summed E-state index contributed by atoms with van der Waals surface area (Å²) in [4.78, 5) is 0. The van der Waals surface area contributed by atoms with Gasteiger partial charge in [-0.05, 0) is 25.8 Å². The van der Waals surface area contributed by atoms with Crippen molar-refractivity contribution in [2.45, 2.75) is 31.8 Å². The molecule has 0 amide bonds. The van der Waals surface area contributed by atoms with Gasteiger partial charge < -0.3 is 20.3 Å². The van der Waals surface area contributed by atoms with Crippen molar-refractivity contribution in [2.75, 3.05) is 26.9 Å². The van der Waals surface area contributed by atoms with E-state index in [-0.39, 0.29) is 11.8 Å². The minimum absolute atomic E-state index is 0.114. The number of hydrogen-bond donors (Lipinski definition) is 2. The van der Waals surface area contributed by atoms with Crippen molar-refractivity contribution in [3.63, 3.8) is 0 Å². The normalized spacial score (nSPS) is 22.3. The van der Waals surface area contributed by atoms with Crippen molar-refractivity contribution in [3.05, 3.63) is 29.3 Å². The highest BCUT2D eigenvalue weighted by Gasteiger charge is 2.31. The third kappa shape index (κ3) is 3.32. The summed E-state index contributed by atoms with van der Waals surface area (Å²) < 4.78 is 10.9. The summed E-state index contributed by atoms with van der Waals surface area (Å²) in [5.41, 5.74) is 8.07. The average molecular weight is 279 g/mol. The minimum Gasteiger partial charge on any atom is -0.496 e. The number of nitrogens with two attached hydrogens (primary N) is 1. The molecule has 0 saturated carbocycles. The molecule has 1 fully saturated rings. The van der Waals surface area contributed by atoms with Crippen molar-refractivity contribution < 1.29 is 14.6 Å². The summed E-state index contributed by atoms with van der Waals surface area (Å²) in [6, 6.07) is 6.01. The van der Waals surface area contributed by atoms with Gasteiger partial charge in [0.25, 0.3) is 0 Å². The van der Waals surface area contributed by atoms with Crippen molar-refractivity contribution >= 4 is 0 Å². The van der Waals surface area contributed by atoms with Crippen LogP contribution in [0.2, 0.25) is 0 Å². The van der Waals surface area contributed by atoms with Crippen LogP contribution in [0.1, 0.15) is 29.9 Å². The number of rotatable bonds is 5. The number of ether oxygens (including phenoxy) is 2. The molecule has 3 unspecified atom stereocenters. The Balaban J connectivity index is 2.24. The van der Waals surface area contributed by atoms with E-state index >= 15 is 0 Å². The lowest BCUT2D eigenvalue weighted by molar-refractivity contribution is -0.0187. The summed E-state index contributed by atoms with van der Waals surface area (Å²) >= 11 is 0. The zero-order valence-electron chi connectivity index (χ0n) is 12.3. The van der Waals surface area contributed by atoms with E-state index in [0.29, 0.717) is 13.2 Å². The fourth-order valence-corrected chi connectivity index (χ4v) is 2.96. The second-order valence-electron chi connectivity index (χ2n) is 5.56. The van der Waals surface area contributed by atoms with Crippen molar-refractivity contribution in [1.29, 1.82) is 0 Å². The van der Waals surface area contributed by atoms with Crippen LogP contribution in [-0.4, -0.2) is 38.1 Å². The molecule has 1 aromatic carbocycles. The van der Waals surface area contributed by atoms with Crippen LogP contribution >= 0.6 is 0 Å². The smallest absolute Gasteiger partial charge is 0.122 e. The molecule has 1 aliphatic rings. The molecule has 3 N–H and O–H groups in total. The summed E-state index contributed by atoms with van der Waals surface area (Å²) in [5.74, 6) is 0.834. The van der Waals surface area contributed by atoms with Gasteiger partial charge in [-0.15, -0.1) is 0 Å². The van der Waals surface area contributed by atoms with E-state index in [9.17, 15) is 5.11 Å². The van der Waals surface area contributed by atoms with Gasteiger partial charge in [0.15, 0.2) is 0 Å². The van der Waals surface area contributed by atoms with E-state index in [2.05, 4.69) is 6.07 Å². The van der Waals surface area contributed by atoms with Gasteiger partial charge in [0.1, 0.15) is 5.75 Å². The topological polar surface area (TPSA) is 64.7 Å². The van der Waals surface area contributed by atoms with Gasteiger partial charge in [0.2, 0.25) is 0 Å². The molecule has 1 aromatic rings. The monoisotopic (exact) mass is 279 g/mol. The summed E-state index contributed by atoms with van der Waals surface area (Å²) in [7, 11) is 1.65. The highest BCUT2D eigenvalue weighted by Crippen LogP contribution is 2.34. The quantitative estimate of drug-likeness (QED) is 0.863. The van der Waals surface area contributed by atoms with E-state index in [0.717, 1.165) is 36.3 Å². The third-order valence-electron chi connectivity index (χ3n) is 4.13. The second kappa shape index (κ2) is 7.07. The minimum atomic E-state index is -0.490. The molecule has 0 aliphatic carbocycles. The van der Waals surface area contributed by atoms with E-state index < -0.39 is 6.10 Å². The Morgan fingerprint density at radius 2 is 2.30 bits per heavy atom. The zero-order chi connectivity index (χ0) is 14.5. The largest absolute Gasteiger partial charge is 0.496 e. The average Bonchev–Trinajstić information content (AvgIpc) is 2.49. The fraction of sp³-hybridized carbons (Fsp3) is 0.625. The standard InChI is InChI=1S/C16H25NO3/c1-11-5-6-15(19-2)13(8-11)14(9-17)16(18)12-4-3-7-20-10-12/h5-6,8,12,14,16,18H,3-4,7,9-10,17H2,1-2H3. The van der Waals surface area contributed by atoms with E-state index in [1.807, 2.05) is 19.1 Å². The van der Waals surface area contributed by atoms with Crippen LogP contribution in [0.4, 0.5) is 0 Å². The Kier molecular flexibility index (Phi) is 5.40. The van der Waals surface area contributed by atoms with E-state index in [1.165, 1.54) is 0 Å². The molecule has 0 aromatic heterocycles. The molecule has 112 valence electrons. The summed E-state index contributed by atoms with van der Waals surface area (Å²) in [5, 5.41) is 10.7. The Labute approximate surface area is 120 Å². The number of aryl methyl sites for hydroxylation is 1. The first-order chi connectivity index (χ1) is 9.67.